The zero-order chi connectivity index (χ0) is 28.9. The predicted molar refractivity (Wildman–Crippen MR) is 159 cm³/mol. The van der Waals surface area contributed by atoms with Gasteiger partial charge in [-0.3, -0.25) is 14.4 Å². The Balaban J connectivity index is 1.44. The Hall–Kier alpha value is -4.44. The molecule has 1 fully saturated rings. The summed E-state index contributed by atoms with van der Waals surface area (Å²) in [6, 6.07) is 19.1. The van der Waals surface area contributed by atoms with Crippen LogP contribution >= 0.6 is 11.8 Å². The van der Waals surface area contributed by atoms with E-state index in [1.54, 1.807) is 68.8 Å². The second-order valence-corrected chi connectivity index (χ2v) is 10.7. The third-order valence-corrected chi connectivity index (χ3v) is 8.20. The molecule has 9 nitrogen and oxygen atoms in total. The summed E-state index contributed by atoms with van der Waals surface area (Å²) >= 11 is 1.17. The number of ether oxygens (including phenoxy) is 3. The summed E-state index contributed by atoms with van der Waals surface area (Å²) in [5.74, 6) is 0.786. The van der Waals surface area contributed by atoms with Crippen LogP contribution in [0.2, 0.25) is 0 Å². The topological polar surface area (TPSA) is 106 Å². The number of imide groups is 1. The largest absolute Gasteiger partial charge is 0.497 e. The summed E-state index contributed by atoms with van der Waals surface area (Å²) in [7, 11) is 4.62. The van der Waals surface area contributed by atoms with Crippen LogP contribution in [0.25, 0.3) is 0 Å². The van der Waals surface area contributed by atoms with E-state index in [1.165, 1.54) is 18.9 Å². The molecule has 2 N–H and O–H groups in total. The molecule has 212 valence electrons. The number of hydrogen-bond donors (Lipinski definition) is 2. The smallest absolute Gasteiger partial charge is 0.283 e. The summed E-state index contributed by atoms with van der Waals surface area (Å²) < 4.78 is 16.0. The van der Waals surface area contributed by atoms with Crippen LogP contribution in [0, 0.1) is 5.92 Å². The van der Waals surface area contributed by atoms with Crippen molar-refractivity contribution in [3.05, 3.63) is 77.3 Å². The van der Waals surface area contributed by atoms with Gasteiger partial charge in [-0.2, -0.15) is 0 Å². The molecule has 1 heterocycles. The average Bonchev–Trinajstić information content (AvgIpc) is 3.62. The van der Waals surface area contributed by atoms with Crippen molar-refractivity contribution in [2.24, 2.45) is 5.92 Å². The van der Waals surface area contributed by atoms with Crippen LogP contribution in [-0.2, 0) is 14.4 Å². The Bertz CT molecular complexity index is 1480. The molecule has 1 aliphatic carbocycles. The molecule has 0 saturated heterocycles. The Kier molecular flexibility index (Phi) is 8.49. The molecule has 0 radical (unpaired) electrons. The van der Waals surface area contributed by atoms with Gasteiger partial charge in [0.1, 0.15) is 27.9 Å². The molecule has 2 aliphatic rings. The van der Waals surface area contributed by atoms with Gasteiger partial charge in [-0.15, -0.1) is 0 Å². The number of thioether (sulfide) groups is 1. The Morgan fingerprint density at radius 3 is 2.12 bits per heavy atom. The van der Waals surface area contributed by atoms with Crippen molar-refractivity contribution >= 4 is 46.5 Å². The van der Waals surface area contributed by atoms with Crippen molar-refractivity contribution in [1.82, 2.24) is 0 Å². The van der Waals surface area contributed by atoms with Gasteiger partial charge >= 0.3 is 0 Å². The van der Waals surface area contributed by atoms with Gasteiger partial charge in [0.25, 0.3) is 11.8 Å². The molecule has 0 spiro atoms. The normalized spacial score (nSPS) is 15.3. The van der Waals surface area contributed by atoms with Crippen molar-refractivity contribution < 1.29 is 28.6 Å². The van der Waals surface area contributed by atoms with E-state index in [0.717, 1.165) is 35.5 Å². The molecule has 0 aromatic heterocycles. The zero-order valence-electron chi connectivity index (χ0n) is 23.1. The van der Waals surface area contributed by atoms with Crippen LogP contribution in [0.3, 0.4) is 0 Å². The van der Waals surface area contributed by atoms with Crippen molar-refractivity contribution in [1.29, 1.82) is 0 Å². The van der Waals surface area contributed by atoms with Crippen LogP contribution in [0.5, 0.6) is 17.2 Å². The minimum atomic E-state index is -0.499. The highest BCUT2D eigenvalue weighted by atomic mass is 32.2. The molecule has 41 heavy (non-hydrogen) atoms. The maximum Gasteiger partial charge on any atom is 0.283 e. The fraction of sp³-hybridized carbons (Fsp3) is 0.258. The van der Waals surface area contributed by atoms with E-state index in [-0.39, 0.29) is 22.4 Å². The first-order valence-corrected chi connectivity index (χ1v) is 14.1. The molecular weight excluding hydrogens is 542 g/mol. The van der Waals surface area contributed by atoms with Gasteiger partial charge in [-0.1, -0.05) is 24.6 Å². The second-order valence-electron chi connectivity index (χ2n) is 9.64. The number of anilines is 3. The maximum absolute atomic E-state index is 13.7. The Labute approximate surface area is 242 Å². The van der Waals surface area contributed by atoms with Gasteiger partial charge < -0.3 is 24.8 Å². The Morgan fingerprint density at radius 2 is 1.49 bits per heavy atom. The fourth-order valence-electron chi connectivity index (χ4n) is 4.87. The summed E-state index contributed by atoms with van der Waals surface area (Å²) in [5, 5.41) is 6.12. The summed E-state index contributed by atoms with van der Waals surface area (Å²) in [5.41, 5.74) is 1.74. The quantitative estimate of drug-likeness (QED) is 0.292. The number of nitrogens with zero attached hydrogens (tertiary/aromatic N) is 1. The summed E-state index contributed by atoms with van der Waals surface area (Å²) in [6.45, 7) is 0. The van der Waals surface area contributed by atoms with Crippen molar-refractivity contribution in [2.75, 3.05) is 36.9 Å². The number of carbonyl (C=O) groups excluding carboxylic acids is 3. The lowest BCUT2D eigenvalue weighted by Gasteiger charge is -2.16. The number of nitrogens with one attached hydrogen (secondary N) is 2. The highest BCUT2D eigenvalue weighted by Crippen LogP contribution is 2.40. The number of carbonyl (C=O) groups is 3. The predicted octanol–water partition coefficient (Wildman–Crippen LogP) is 5.83. The number of rotatable bonds is 10. The first-order chi connectivity index (χ1) is 19.9. The SMILES string of the molecule is COc1ccc(N2C(=O)C(Nc3ccc(OC)cc3OC)=C(Sc3ccc(NC(=O)C4CCCC4)cc3)C2=O)cc1. The van der Waals surface area contributed by atoms with Crippen LogP contribution in [0.15, 0.2) is 82.2 Å². The van der Waals surface area contributed by atoms with Crippen LogP contribution in [-0.4, -0.2) is 39.1 Å². The van der Waals surface area contributed by atoms with Gasteiger partial charge in [0.15, 0.2) is 0 Å². The summed E-state index contributed by atoms with van der Waals surface area (Å²) in [6.07, 6.45) is 4.01. The molecule has 0 bridgehead atoms. The molecule has 0 unspecified atom stereocenters. The first-order valence-electron chi connectivity index (χ1n) is 13.3. The lowest BCUT2D eigenvalue weighted by atomic mass is 10.1. The minimum absolute atomic E-state index is 0.0391. The van der Waals surface area contributed by atoms with Crippen molar-refractivity contribution in [3.63, 3.8) is 0 Å². The van der Waals surface area contributed by atoms with Gasteiger partial charge in [-0.25, -0.2) is 4.90 Å². The van der Waals surface area contributed by atoms with Crippen molar-refractivity contribution in [2.45, 2.75) is 30.6 Å². The monoisotopic (exact) mass is 573 g/mol. The van der Waals surface area contributed by atoms with E-state index in [2.05, 4.69) is 10.6 Å². The molecule has 1 saturated carbocycles. The van der Waals surface area contributed by atoms with Gasteiger partial charge in [-0.05, 0) is 73.5 Å². The summed E-state index contributed by atoms with van der Waals surface area (Å²) in [4.78, 5) is 42.1. The number of hydrogen-bond acceptors (Lipinski definition) is 8. The van der Waals surface area contributed by atoms with Crippen LogP contribution in [0.1, 0.15) is 25.7 Å². The van der Waals surface area contributed by atoms with E-state index < -0.39 is 11.8 Å². The molecule has 3 aromatic rings. The van der Waals surface area contributed by atoms with E-state index >= 15 is 0 Å². The van der Waals surface area contributed by atoms with E-state index in [9.17, 15) is 14.4 Å². The lowest BCUT2D eigenvalue weighted by Crippen LogP contribution is -2.32. The molecule has 1 aliphatic heterocycles. The highest BCUT2D eigenvalue weighted by Gasteiger charge is 2.40. The van der Waals surface area contributed by atoms with Gasteiger partial charge in [0, 0.05) is 22.6 Å². The van der Waals surface area contributed by atoms with E-state index in [4.69, 9.17) is 14.2 Å². The molecule has 3 amide bonds. The van der Waals surface area contributed by atoms with Crippen LogP contribution < -0.4 is 29.7 Å². The standard InChI is InChI=1S/C31H31N3O6S/c1-38-22-12-10-21(11-13-22)34-30(36)27(33-25-17-14-23(39-2)18-26(25)40-3)28(31(34)37)41-24-15-8-20(9-16-24)32-29(35)19-6-4-5-7-19/h8-19,33H,4-7H2,1-3H3,(H,32,35). The molecular formula is C31H31N3O6S. The van der Waals surface area contributed by atoms with Gasteiger partial charge in [0.2, 0.25) is 5.91 Å². The third-order valence-electron chi connectivity index (χ3n) is 7.11. The highest BCUT2D eigenvalue weighted by molar-refractivity contribution is 8.04. The number of amides is 3. The minimum Gasteiger partial charge on any atom is -0.497 e. The maximum atomic E-state index is 13.7. The van der Waals surface area contributed by atoms with Crippen LogP contribution in [0.4, 0.5) is 17.1 Å². The zero-order valence-corrected chi connectivity index (χ0v) is 23.9. The average molecular weight is 574 g/mol. The van der Waals surface area contributed by atoms with Gasteiger partial charge in [0.05, 0.1) is 32.7 Å². The Morgan fingerprint density at radius 1 is 0.829 bits per heavy atom. The molecule has 5 rings (SSSR count). The first kappa shape index (κ1) is 28.1. The van der Waals surface area contributed by atoms with E-state index in [0.29, 0.717) is 34.3 Å². The molecule has 3 aromatic carbocycles. The fourth-order valence-corrected chi connectivity index (χ4v) is 5.80. The second kappa shape index (κ2) is 12.4. The molecule has 0 atom stereocenters. The number of methoxy groups -OCH3 is 3. The molecule has 10 heteroatoms. The van der Waals surface area contributed by atoms with Crippen molar-refractivity contribution in [3.8, 4) is 17.2 Å². The number of benzene rings is 3. The van der Waals surface area contributed by atoms with E-state index in [1.807, 2.05) is 12.1 Å². The third kappa shape index (κ3) is 6.02. The lowest BCUT2D eigenvalue weighted by molar-refractivity contribution is -0.121.